The van der Waals surface area contributed by atoms with Gasteiger partial charge in [-0.25, -0.2) is 15.8 Å². The molecule has 4 rings (SSSR count). The molecule has 13 heteroatoms. The first-order valence-corrected chi connectivity index (χ1v) is 12.9. The largest absolute Gasteiger partial charge is 0.417 e. The highest BCUT2D eigenvalue weighted by Gasteiger charge is 2.36. The highest BCUT2D eigenvalue weighted by molar-refractivity contribution is 6.34. The molecular formula is C27H30ClF3N8O. The lowest BCUT2D eigenvalue weighted by molar-refractivity contribution is -0.137. The molecule has 1 amide bonds. The maximum Gasteiger partial charge on any atom is 0.417 e. The monoisotopic (exact) mass is 574 g/mol. The van der Waals surface area contributed by atoms with Gasteiger partial charge in [-0.15, -0.1) is 0 Å². The number of piperazine rings is 1. The molecule has 0 unspecified atom stereocenters. The van der Waals surface area contributed by atoms with E-state index in [9.17, 15) is 18.0 Å². The highest BCUT2D eigenvalue weighted by Crippen LogP contribution is 2.41. The number of benzene rings is 2. The number of rotatable bonds is 7. The van der Waals surface area contributed by atoms with Crippen LogP contribution in [0, 0.1) is 6.92 Å². The lowest BCUT2D eigenvalue weighted by Gasteiger charge is -2.36. The van der Waals surface area contributed by atoms with E-state index in [-0.39, 0.29) is 11.3 Å². The Morgan fingerprint density at radius 2 is 1.80 bits per heavy atom. The summed E-state index contributed by atoms with van der Waals surface area (Å²) >= 11 is 6.24. The molecular weight excluding hydrogens is 545 g/mol. The van der Waals surface area contributed by atoms with Gasteiger partial charge in [-0.2, -0.15) is 13.2 Å². The van der Waals surface area contributed by atoms with E-state index in [1.165, 1.54) is 36.0 Å². The number of likely N-dealkylation sites (N-methyl/N-ethyl adjacent to an activating group) is 1. The van der Waals surface area contributed by atoms with E-state index in [2.05, 4.69) is 20.2 Å². The Morgan fingerprint density at radius 3 is 2.42 bits per heavy atom. The van der Waals surface area contributed by atoms with Crippen LogP contribution in [0.2, 0.25) is 5.02 Å². The number of hydrazine groups is 1. The van der Waals surface area contributed by atoms with Crippen molar-refractivity contribution in [2.24, 2.45) is 11.6 Å². The van der Waals surface area contributed by atoms with Gasteiger partial charge in [0.15, 0.2) is 0 Å². The molecule has 0 bridgehead atoms. The first-order chi connectivity index (χ1) is 19.0. The Balaban J connectivity index is 1.61. The third kappa shape index (κ3) is 6.64. The predicted molar refractivity (Wildman–Crippen MR) is 151 cm³/mol. The first kappa shape index (κ1) is 29.1. The van der Waals surface area contributed by atoms with Crippen molar-refractivity contribution in [3.63, 3.8) is 0 Å². The number of halogens is 4. The molecule has 1 aliphatic heterocycles. The summed E-state index contributed by atoms with van der Waals surface area (Å²) in [7, 11) is 0. The summed E-state index contributed by atoms with van der Waals surface area (Å²) in [5, 5.41) is 3.55. The number of alkyl halides is 3. The van der Waals surface area contributed by atoms with Crippen LogP contribution in [0.1, 0.15) is 34.0 Å². The number of carbonyl (C=O) groups is 1. The van der Waals surface area contributed by atoms with Gasteiger partial charge in [0.1, 0.15) is 6.33 Å². The molecule has 5 N–H and O–H groups in total. The van der Waals surface area contributed by atoms with Crippen LogP contribution in [-0.2, 0) is 6.18 Å². The number of nitrogens with zero attached hydrogens (tertiary/aromatic N) is 5. The minimum atomic E-state index is -4.74. The molecule has 2 heterocycles. The second-order valence-corrected chi connectivity index (χ2v) is 9.73. The summed E-state index contributed by atoms with van der Waals surface area (Å²) < 4.78 is 41.7. The molecule has 0 saturated carbocycles. The van der Waals surface area contributed by atoms with Gasteiger partial charge in [0.25, 0.3) is 5.91 Å². The Hall–Kier alpha value is -3.87. The minimum absolute atomic E-state index is 0.162. The lowest BCUT2D eigenvalue weighted by Crippen LogP contribution is -2.46. The molecule has 0 radical (unpaired) electrons. The van der Waals surface area contributed by atoms with Crippen LogP contribution in [0.25, 0.3) is 5.70 Å². The number of hydrogen-bond acceptors (Lipinski definition) is 8. The van der Waals surface area contributed by atoms with Crippen molar-refractivity contribution in [2.45, 2.75) is 20.0 Å². The fourth-order valence-corrected chi connectivity index (χ4v) is 4.73. The maximum absolute atomic E-state index is 13.9. The van der Waals surface area contributed by atoms with Gasteiger partial charge in [0.05, 0.1) is 27.7 Å². The van der Waals surface area contributed by atoms with Crippen LogP contribution in [0.15, 0.2) is 55.3 Å². The highest BCUT2D eigenvalue weighted by atomic mass is 35.5. The molecule has 3 aromatic rings. The van der Waals surface area contributed by atoms with E-state index >= 15 is 0 Å². The van der Waals surface area contributed by atoms with E-state index < -0.39 is 22.7 Å². The SMILES string of the molecule is CCN1CCN(c2cc(C(=O)Nc3ccc(C)c(N(N)/C=C(\N)c4cncnc4)c3)cc(C(F)(F)F)c2Cl)CC1. The molecule has 9 nitrogen and oxygen atoms in total. The van der Waals surface area contributed by atoms with Gasteiger partial charge in [-0.1, -0.05) is 24.6 Å². The van der Waals surface area contributed by atoms with Gasteiger partial charge >= 0.3 is 6.18 Å². The Bertz CT molecular complexity index is 1390. The molecule has 1 aliphatic rings. The Labute approximate surface area is 235 Å². The van der Waals surface area contributed by atoms with E-state index in [1.54, 1.807) is 23.1 Å². The van der Waals surface area contributed by atoms with Crippen molar-refractivity contribution in [3.05, 3.63) is 82.5 Å². The van der Waals surface area contributed by atoms with Crippen molar-refractivity contribution in [2.75, 3.05) is 47.9 Å². The first-order valence-electron chi connectivity index (χ1n) is 12.5. The molecule has 0 atom stereocenters. The summed E-state index contributed by atoms with van der Waals surface area (Å²) in [5.74, 6) is 5.51. The smallest absolute Gasteiger partial charge is 0.397 e. The number of hydrogen-bond donors (Lipinski definition) is 3. The average Bonchev–Trinajstić information content (AvgIpc) is 2.94. The number of aromatic nitrogens is 2. The van der Waals surface area contributed by atoms with E-state index in [1.807, 2.05) is 13.8 Å². The zero-order chi connectivity index (χ0) is 29.0. The zero-order valence-corrected chi connectivity index (χ0v) is 22.8. The number of aryl methyl sites for hydroxylation is 1. The van der Waals surface area contributed by atoms with E-state index in [4.69, 9.17) is 23.2 Å². The van der Waals surface area contributed by atoms with Crippen molar-refractivity contribution >= 4 is 40.3 Å². The van der Waals surface area contributed by atoms with Crippen LogP contribution in [-0.4, -0.2) is 53.5 Å². The molecule has 1 aromatic heterocycles. The molecule has 1 saturated heterocycles. The third-order valence-corrected chi connectivity index (χ3v) is 7.10. The average molecular weight is 575 g/mol. The lowest BCUT2D eigenvalue weighted by atomic mass is 10.1. The summed E-state index contributed by atoms with van der Waals surface area (Å²) in [6.07, 6.45) is 1.19. The van der Waals surface area contributed by atoms with Crippen LogP contribution in [0.5, 0.6) is 0 Å². The Kier molecular flexibility index (Phi) is 8.82. The van der Waals surface area contributed by atoms with Crippen LogP contribution in [0.4, 0.5) is 30.2 Å². The van der Waals surface area contributed by atoms with Gasteiger partial charge in [0, 0.05) is 61.6 Å². The second kappa shape index (κ2) is 12.1. The topological polar surface area (TPSA) is 117 Å². The summed E-state index contributed by atoms with van der Waals surface area (Å²) in [4.78, 5) is 25.1. The van der Waals surface area contributed by atoms with Gasteiger partial charge < -0.3 is 20.9 Å². The molecule has 0 aliphatic carbocycles. The van der Waals surface area contributed by atoms with Crippen LogP contribution >= 0.6 is 11.6 Å². The molecule has 40 heavy (non-hydrogen) atoms. The maximum atomic E-state index is 13.9. The van der Waals surface area contributed by atoms with Gasteiger partial charge in [-0.3, -0.25) is 9.80 Å². The zero-order valence-electron chi connectivity index (χ0n) is 22.0. The van der Waals surface area contributed by atoms with Crippen LogP contribution in [0.3, 0.4) is 0 Å². The van der Waals surface area contributed by atoms with Crippen molar-refractivity contribution in [1.82, 2.24) is 14.9 Å². The number of anilines is 3. The number of amides is 1. The summed E-state index contributed by atoms with van der Waals surface area (Å²) in [6.45, 7) is 7.05. The minimum Gasteiger partial charge on any atom is -0.397 e. The predicted octanol–water partition coefficient (Wildman–Crippen LogP) is 4.49. The normalized spacial score (nSPS) is 14.8. The van der Waals surface area contributed by atoms with Crippen molar-refractivity contribution in [3.8, 4) is 0 Å². The summed E-state index contributed by atoms with van der Waals surface area (Å²) in [6, 6.07) is 7.14. The van der Waals surface area contributed by atoms with Crippen LogP contribution < -0.4 is 26.8 Å². The molecule has 212 valence electrons. The summed E-state index contributed by atoms with van der Waals surface area (Å²) in [5.41, 5.74) is 7.56. The molecule has 1 fully saturated rings. The van der Waals surface area contributed by atoms with Gasteiger partial charge in [-0.05, 0) is 43.3 Å². The molecule has 0 spiro atoms. The third-order valence-electron chi connectivity index (χ3n) is 6.70. The Morgan fingerprint density at radius 1 is 1.12 bits per heavy atom. The molecule has 2 aromatic carbocycles. The standard InChI is InChI=1S/C27H30ClF3N8O/c1-3-37-6-8-38(9-7-37)24-11-18(10-21(25(24)28)27(29,30)31)26(40)36-20-5-4-17(2)23(12-20)39(33)15-22(32)19-13-34-16-35-14-19/h4-5,10-16H,3,6-9,32-33H2,1-2H3,(H,36,40)/b22-15-. The fourth-order valence-electron chi connectivity index (χ4n) is 4.39. The quantitative estimate of drug-likeness (QED) is 0.279. The number of nitrogens with one attached hydrogen (secondary N) is 1. The number of nitrogens with two attached hydrogens (primary N) is 2. The van der Waals surface area contributed by atoms with Gasteiger partial charge in [0.2, 0.25) is 0 Å². The van der Waals surface area contributed by atoms with Crippen molar-refractivity contribution < 1.29 is 18.0 Å². The fraction of sp³-hybridized carbons (Fsp3) is 0.296. The van der Waals surface area contributed by atoms with E-state index in [0.717, 1.165) is 18.2 Å². The second-order valence-electron chi connectivity index (χ2n) is 9.35. The van der Waals surface area contributed by atoms with Crippen molar-refractivity contribution in [1.29, 1.82) is 0 Å². The number of carbonyl (C=O) groups excluding carboxylic acids is 1. The van der Waals surface area contributed by atoms with E-state index in [0.29, 0.717) is 48.8 Å².